The molecule has 0 saturated heterocycles. The van der Waals surface area contributed by atoms with Crippen molar-refractivity contribution in [2.45, 2.75) is 47.0 Å². The first kappa shape index (κ1) is 14.4. The molecule has 0 aromatic carbocycles. The van der Waals surface area contributed by atoms with Crippen LogP contribution >= 0.6 is 0 Å². The smallest absolute Gasteiger partial charge is 0.342 e. The van der Waals surface area contributed by atoms with E-state index in [0.29, 0.717) is 17.6 Å². The minimum absolute atomic E-state index is 0.438. The largest absolute Gasteiger partial charge is 0.386 e. The molecule has 0 radical (unpaired) electrons. The molecule has 0 N–H and O–H groups in total. The molecule has 1 heterocycles. The van der Waals surface area contributed by atoms with Crippen molar-refractivity contribution >= 4 is 11.9 Å². The molecule has 0 atom stereocenters. The van der Waals surface area contributed by atoms with Gasteiger partial charge in [-0.2, -0.15) is 0 Å². The summed E-state index contributed by atoms with van der Waals surface area (Å²) in [4.78, 5) is 22.5. The van der Waals surface area contributed by atoms with Crippen LogP contribution < -0.4 is 0 Å². The van der Waals surface area contributed by atoms with Gasteiger partial charge in [0.05, 0.1) is 5.57 Å². The van der Waals surface area contributed by atoms with Crippen molar-refractivity contribution in [3.05, 3.63) is 34.4 Å². The Hall–Kier alpha value is -1.64. The van der Waals surface area contributed by atoms with E-state index >= 15 is 0 Å². The molecule has 0 aliphatic carbocycles. The molecule has 0 fully saturated rings. The van der Waals surface area contributed by atoms with E-state index in [2.05, 4.69) is 24.7 Å². The zero-order valence-corrected chi connectivity index (χ0v) is 11.5. The van der Waals surface area contributed by atoms with Crippen LogP contribution in [0.15, 0.2) is 34.4 Å². The zero-order chi connectivity index (χ0) is 13.7. The SMILES string of the molecule is CC(C)=CCC/C(C)=C/CC1=C(C)C(=O)OC1=O. The van der Waals surface area contributed by atoms with Crippen molar-refractivity contribution in [3.8, 4) is 0 Å². The molecule has 1 aliphatic heterocycles. The summed E-state index contributed by atoms with van der Waals surface area (Å²) in [5, 5.41) is 0. The molecule has 1 aliphatic rings. The Labute approximate surface area is 108 Å². The first-order valence-corrected chi connectivity index (χ1v) is 6.17. The number of ether oxygens (including phenoxy) is 1. The highest BCUT2D eigenvalue weighted by molar-refractivity contribution is 6.12. The molecule has 98 valence electrons. The van der Waals surface area contributed by atoms with E-state index in [1.807, 2.05) is 13.0 Å². The van der Waals surface area contributed by atoms with Crippen molar-refractivity contribution < 1.29 is 14.3 Å². The molecule has 0 bridgehead atoms. The second kappa shape index (κ2) is 6.34. The van der Waals surface area contributed by atoms with Crippen molar-refractivity contribution in [3.63, 3.8) is 0 Å². The number of rotatable bonds is 5. The summed E-state index contributed by atoms with van der Waals surface area (Å²) in [6.07, 6.45) is 6.65. The summed E-state index contributed by atoms with van der Waals surface area (Å²) in [7, 11) is 0. The number of hydrogen-bond donors (Lipinski definition) is 0. The number of esters is 2. The molecule has 0 spiro atoms. The third-order valence-corrected chi connectivity index (χ3v) is 2.94. The molecule has 0 saturated carbocycles. The van der Waals surface area contributed by atoms with Gasteiger partial charge in [-0.15, -0.1) is 0 Å². The molecule has 3 nitrogen and oxygen atoms in total. The van der Waals surface area contributed by atoms with E-state index in [0.717, 1.165) is 12.8 Å². The average molecular weight is 248 g/mol. The second-order valence-electron chi connectivity index (χ2n) is 4.86. The summed E-state index contributed by atoms with van der Waals surface area (Å²) in [6, 6.07) is 0. The number of cyclic esters (lactones) is 2. The van der Waals surface area contributed by atoms with Gasteiger partial charge in [0.2, 0.25) is 0 Å². The topological polar surface area (TPSA) is 43.4 Å². The van der Waals surface area contributed by atoms with Crippen LogP contribution in [0.2, 0.25) is 0 Å². The standard InChI is InChI=1S/C15H20O3/c1-10(2)6-5-7-11(3)8-9-13-12(4)14(16)18-15(13)17/h6,8H,5,7,9H2,1-4H3/b11-8+. The van der Waals surface area contributed by atoms with Crippen molar-refractivity contribution in [1.29, 1.82) is 0 Å². The normalized spacial score (nSPS) is 16.1. The first-order chi connectivity index (χ1) is 8.41. The predicted molar refractivity (Wildman–Crippen MR) is 70.8 cm³/mol. The summed E-state index contributed by atoms with van der Waals surface area (Å²) in [5.41, 5.74) is 3.46. The molecule has 3 heteroatoms. The maximum atomic E-state index is 11.4. The van der Waals surface area contributed by atoms with Gasteiger partial charge in [0, 0.05) is 5.57 Å². The van der Waals surface area contributed by atoms with E-state index in [1.165, 1.54) is 11.1 Å². The van der Waals surface area contributed by atoms with Crippen LogP contribution in [0.25, 0.3) is 0 Å². The molecule has 0 amide bonds. The summed E-state index contributed by atoms with van der Waals surface area (Å²) in [6.45, 7) is 7.83. The van der Waals surface area contributed by atoms with Gasteiger partial charge in [0.25, 0.3) is 0 Å². The maximum Gasteiger partial charge on any atom is 0.342 e. The van der Waals surface area contributed by atoms with Gasteiger partial charge < -0.3 is 4.74 Å². The lowest BCUT2D eigenvalue weighted by Crippen LogP contribution is -2.01. The van der Waals surface area contributed by atoms with Crippen molar-refractivity contribution in [2.24, 2.45) is 0 Å². The van der Waals surface area contributed by atoms with Crippen LogP contribution in [0.5, 0.6) is 0 Å². The van der Waals surface area contributed by atoms with Gasteiger partial charge in [-0.25, -0.2) is 9.59 Å². The highest BCUT2D eigenvalue weighted by Gasteiger charge is 2.28. The third kappa shape index (κ3) is 3.99. The molecule has 0 aromatic rings. The van der Waals surface area contributed by atoms with E-state index < -0.39 is 11.9 Å². The van der Waals surface area contributed by atoms with Crippen LogP contribution in [0.1, 0.15) is 47.0 Å². The number of allylic oxidation sites excluding steroid dienone is 4. The van der Waals surface area contributed by atoms with Gasteiger partial charge in [0.15, 0.2) is 0 Å². The van der Waals surface area contributed by atoms with Crippen molar-refractivity contribution in [2.75, 3.05) is 0 Å². The quantitative estimate of drug-likeness (QED) is 0.425. The fourth-order valence-corrected chi connectivity index (χ4v) is 1.70. The average Bonchev–Trinajstić information content (AvgIpc) is 2.50. The van der Waals surface area contributed by atoms with Gasteiger partial charge in [-0.3, -0.25) is 0 Å². The minimum atomic E-state index is -0.509. The Kier molecular flexibility index (Phi) is 5.08. The van der Waals surface area contributed by atoms with E-state index in [9.17, 15) is 9.59 Å². The van der Waals surface area contributed by atoms with Crippen LogP contribution in [0.3, 0.4) is 0 Å². The molecule has 0 aromatic heterocycles. The number of carbonyl (C=O) groups excluding carboxylic acids is 2. The van der Waals surface area contributed by atoms with Gasteiger partial charge in [-0.1, -0.05) is 23.3 Å². The molecular formula is C15H20O3. The highest BCUT2D eigenvalue weighted by Crippen LogP contribution is 2.21. The van der Waals surface area contributed by atoms with Crippen LogP contribution in [0.4, 0.5) is 0 Å². The number of carbonyl (C=O) groups is 2. The Morgan fingerprint density at radius 2 is 1.78 bits per heavy atom. The molecule has 0 unspecified atom stereocenters. The first-order valence-electron chi connectivity index (χ1n) is 6.17. The zero-order valence-electron chi connectivity index (χ0n) is 11.5. The fourth-order valence-electron chi connectivity index (χ4n) is 1.70. The summed E-state index contributed by atoms with van der Waals surface area (Å²) in [5.74, 6) is -1.00. The van der Waals surface area contributed by atoms with Crippen LogP contribution in [0, 0.1) is 0 Å². The Morgan fingerprint density at radius 1 is 1.11 bits per heavy atom. The Morgan fingerprint density at radius 3 is 2.28 bits per heavy atom. The van der Waals surface area contributed by atoms with Gasteiger partial charge >= 0.3 is 11.9 Å². The van der Waals surface area contributed by atoms with E-state index in [-0.39, 0.29) is 0 Å². The Balaban J connectivity index is 2.56. The fraction of sp³-hybridized carbons (Fsp3) is 0.467. The highest BCUT2D eigenvalue weighted by atomic mass is 16.6. The third-order valence-electron chi connectivity index (χ3n) is 2.94. The molecule has 1 rings (SSSR count). The lowest BCUT2D eigenvalue weighted by Gasteiger charge is -1.99. The van der Waals surface area contributed by atoms with Gasteiger partial charge in [0.1, 0.15) is 0 Å². The minimum Gasteiger partial charge on any atom is -0.386 e. The van der Waals surface area contributed by atoms with E-state index in [1.54, 1.807) is 6.92 Å². The maximum absolute atomic E-state index is 11.4. The second-order valence-corrected chi connectivity index (χ2v) is 4.86. The predicted octanol–water partition coefficient (Wildman–Crippen LogP) is 3.47. The van der Waals surface area contributed by atoms with Crippen LogP contribution in [-0.4, -0.2) is 11.9 Å². The van der Waals surface area contributed by atoms with Crippen molar-refractivity contribution in [1.82, 2.24) is 0 Å². The summed E-state index contributed by atoms with van der Waals surface area (Å²) >= 11 is 0. The monoisotopic (exact) mass is 248 g/mol. The molecule has 18 heavy (non-hydrogen) atoms. The lowest BCUT2D eigenvalue weighted by molar-refractivity contribution is -0.151. The van der Waals surface area contributed by atoms with Gasteiger partial charge in [-0.05, 0) is 47.0 Å². The van der Waals surface area contributed by atoms with E-state index in [4.69, 9.17) is 0 Å². The summed E-state index contributed by atoms with van der Waals surface area (Å²) < 4.78 is 4.54. The Bertz CT molecular complexity index is 446. The molecular weight excluding hydrogens is 228 g/mol. The lowest BCUT2D eigenvalue weighted by atomic mass is 10.0. The van der Waals surface area contributed by atoms with Crippen LogP contribution in [-0.2, 0) is 14.3 Å². The number of hydrogen-bond acceptors (Lipinski definition) is 3.